The number of benzene rings is 2. The van der Waals surface area contributed by atoms with Gasteiger partial charge in [0.05, 0.1) is 28.8 Å². The monoisotopic (exact) mass is 436 g/mol. The molecule has 7 heteroatoms. The third-order valence-electron chi connectivity index (χ3n) is 4.43. The summed E-state index contributed by atoms with van der Waals surface area (Å²) in [5.41, 5.74) is 4.43. The molecule has 1 N–H and O–H groups in total. The summed E-state index contributed by atoms with van der Waals surface area (Å²) in [6, 6.07) is 15.2. The van der Waals surface area contributed by atoms with E-state index in [1.165, 1.54) is 6.39 Å². The second-order valence-corrected chi connectivity index (χ2v) is 7.25. The highest BCUT2D eigenvalue weighted by Crippen LogP contribution is 2.24. The molecule has 6 nitrogen and oxygen atoms in total. The molecule has 2 aromatic heterocycles. The van der Waals surface area contributed by atoms with E-state index in [2.05, 4.69) is 31.3 Å². The number of aryl methyl sites for hydroxylation is 1. The molecule has 0 aliphatic heterocycles. The van der Waals surface area contributed by atoms with E-state index in [0.29, 0.717) is 22.7 Å². The number of hydrogen-bond acceptors (Lipinski definition) is 4. The van der Waals surface area contributed by atoms with Crippen LogP contribution in [0.1, 0.15) is 21.7 Å². The van der Waals surface area contributed by atoms with Crippen molar-refractivity contribution < 1.29 is 9.21 Å². The van der Waals surface area contributed by atoms with Gasteiger partial charge in [0.2, 0.25) is 0 Å². The number of oxazole rings is 1. The Bertz CT molecular complexity index is 1130. The van der Waals surface area contributed by atoms with Gasteiger partial charge < -0.3 is 9.73 Å². The minimum absolute atomic E-state index is 0.201. The van der Waals surface area contributed by atoms with Crippen molar-refractivity contribution >= 4 is 27.5 Å². The Morgan fingerprint density at radius 1 is 1.14 bits per heavy atom. The molecule has 0 spiro atoms. The maximum absolute atomic E-state index is 12.9. The van der Waals surface area contributed by atoms with Crippen molar-refractivity contribution in [3.63, 3.8) is 0 Å². The number of carbonyl (C=O) groups excluding carboxylic acids is 1. The van der Waals surface area contributed by atoms with Gasteiger partial charge in [0, 0.05) is 15.7 Å². The largest absolute Gasteiger partial charge is 0.444 e. The highest BCUT2D eigenvalue weighted by atomic mass is 79.9. The van der Waals surface area contributed by atoms with Gasteiger partial charge in [-0.2, -0.15) is 5.10 Å². The summed E-state index contributed by atoms with van der Waals surface area (Å²) in [7, 11) is 0. The zero-order chi connectivity index (χ0) is 19.7. The number of carbonyl (C=O) groups is 1. The number of rotatable bonds is 4. The van der Waals surface area contributed by atoms with Gasteiger partial charge in [0.15, 0.2) is 12.2 Å². The number of amides is 1. The number of halogens is 1. The van der Waals surface area contributed by atoms with Gasteiger partial charge in [0.1, 0.15) is 0 Å². The minimum Gasteiger partial charge on any atom is -0.444 e. The Morgan fingerprint density at radius 3 is 2.64 bits per heavy atom. The van der Waals surface area contributed by atoms with Crippen LogP contribution in [0.25, 0.3) is 17.0 Å². The lowest BCUT2D eigenvalue weighted by Crippen LogP contribution is -2.14. The Labute approximate surface area is 170 Å². The average Bonchev–Trinajstić information content (AvgIpc) is 3.31. The van der Waals surface area contributed by atoms with E-state index in [-0.39, 0.29) is 5.91 Å². The highest BCUT2D eigenvalue weighted by Gasteiger charge is 2.20. The lowest BCUT2D eigenvalue weighted by molar-refractivity contribution is 0.102. The van der Waals surface area contributed by atoms with E-state index >= 15 is 0 Å². The molecular formula is C21H17BrN4O2. The molecule has 140 valence electrons. The van der Waals surface area contributed by atoms with Gasteiger partial charge in [-0.15, -0.1) is 0 Å². The first kappa shape index (κ1) is 18.2. The van der Waals surface area contributed by atoms with Crippen LogP contribution in [0, 0.1) is 13.8 Å². The zero-order valence-corrected chi connectivity index (χ0v) is 16.9. The van der Waals surface area contributed by atoms with Crippen molar-refractivity contribution in [3.05, 3.63) is 82.5 Å². The van der Waals surface area contributed by atoms with Gasteiger partial charge in [0.25, 0.3) is 5.91 Å². The van der Waals surface area contributed by atoms with Crippen molar-refractivity contribution in [2.24, 2.45) is 0 Å². The molecule has 0 fully saturated rings. The molecule has 4 aromatic rings. The van der Waals surface area contributed by atoms with Crippen LogP contribution in [-0.4, -0.2) is 20.7 Å². The average molecular weight is 437 g/mol. The van der Waals surface area contributed by atoms with Gasteiger partial charge >= 0.3 is 0 Å². The van der Waals surface area contributed by atoms with Crippen molar-refractivity contribution in [1.29, 1.82) is 0 Å². The smallest absolute Gasteiger partial charge is 0.259 e. The molecule has 0 saturated carbocycles. The highest BCUT2D eigenvalue weighted by molar-refractivity contribution is 9.10. The Hall–Kier alpha value is -3.19. The normalized spacial score (nSPS) is 10.8. The molecule has 0 saturated heterocycles. The summed E-state index contributed by atoms with van der Waals surface area (Å²) in [6.45, 7) is 3.73. The Morgan fingerprint density at radius 2 is 1.93 bits per heavy atom. The van der Waals surface area contributed by atoms with E-state index in [4.69, 9.17) is 4.42 Å². The predicted octanol–water partition coefficient (Wildman–Crippen LogP) is 5.16. The minimum atomic E-state index is -0.201. The lowest BCUT2D eigenvalue weighted by Gasteiger charge is -2.08. The van der Waals surface area contributed by atoms with E-state index < -0.39 is 0 Å². The third kappa shape index (κ3) is 3.48. The second-order valence-electron chi connectivity index (χ2n) is 6.33. The van der Waals surface area contributed by atoms with Crippen molar-refractivity contribution in [1.82, 2.24) is 14.8 Å². The fourth-order valence-electron chi connectivity index (χ4n) is 3.11. The van der Waals surface area contributed by atoms with Gasteiger partial charge in [-0.3, -0.25) is 4.79 Å². The quantitative estimate of drug-likeness (QED) is 0.479. The number of nitrogens with zero attached hydrogens (tertiary/aromatic N) is 3. The summed E-state index contributed by atoms with van der Waals surface area (Å²) in [5, 5.41) is 7.50. The van der Waals surface area contributed by atoms with Crippen LogP contribution in [-0.2, 0) is 0 Å². The molecule has 0 atom stereocenters. The van der Waals surface area contributed by atoms with Crippen LogP contribution < -0.4 is 5.32 Å². The molecule has 0 unspecified atom stereocenters. The van der Waals surface area contributed by atoms with Crippen LogP contribution in [0.15, 0.2) is 70.0 Å². The van der Waals surface area contributed by atoms with Crippen LogP contribution in [0.5, 0.6) is 0 Å². The van der Waals surface area contributed by atoms with E-state index in [1.54, 1.807) is 10.9 Å². The molecule has 4 rings (SSSR count). The topological polar surface area (TPSA) is 73.0 Å². The second kappa shape index (κ2) is 7.44. The summed E-state index contributed by atoms with van der Waals surface area (Å²) < 4.78 is 8.09. The summed E-state index contributed by atoms with van der Waals surface area (Å²) in [4.78, 5) is 16.9. The van der Waals surface area contributed by atoms with Gasteiger partial charge in [-0.1, -0.05) is 28.1 Å². The Balaban J connectivity index is 1.62. The zero-order valence-electron chi connectivity index (χ0n) is 15.3. The van der Waals surface area contributed by atoms with Crippen LogP contribution >= 0.6 is 15.9 Å². The predicted molar refractivity (Wildman–Crippen MR) is 111 cm³/mol. The summed E-state index contributed by atoms with van der Waals surface area (Å²) in [6.07, 6.45) is 3.02. The molecule has 0 radical (unpaired) electrons. The molecule has 0 aliphatic rings. The van der Waals surface area contributed by atoms with E-state index in [9.17, 15) is 4.79 Å². The first-order valence-corrected chi connectivity index (χ1v) is 9.44. The summed E-state index contributed by atoms with van der Waals surface area (Å²) in [5.74, 6) is 0.444. The van der Waals surface area contributed by atoms with Gasteiger partial charge in [-0.25, -0.2) is 9.67 Å². The fourth-order valence-corrected chi connectivity index (χ4v) is 3.37. The fraction of sp³-hybridized carbons (Fsp3) is 0.0952. The molecule has 2 heterocycles. The van der Waals surface area contributed by atoms with Crippen LogP contribution in [0.3, 0.4) is 0 Å². The molecule has 28 heavy (non-hydrogen) atoms. The molecule has 0 aliphatic carbocycles. The first-order chi connectivity index (χ1) is 13.5. The van der Waals surface area contributed by atoms with E-state index in [0.717, 1.165) is 21.4 Å². The number of aromatic nitrogens is 3. The molecule has 1 amide bonds. The van der Waals surface area contributed by atoms with Gasteiger partial charge in [-0.05, 0) is 50.2 Å². The van der Waals surface area contributed by atoms with Crippen molar-refractivity contribution in [3.8, 4) is 17.0 Å². The standard InChI is InChI=1S/C21H17BrN4O2/c1-13-20(14(2)26(25-13)18-8-6-16(22)7-9-18)21(27)24-17-5-3-4-15(10-17)19-11-23-12-28-19/h3-12H,1-2H3,(H,24,27). The maximum atomic E-state index is 12.9. The lowest BCUT2D eigenvalue weighted by atomic mass is 10.1. The molecule has 0 bridgehead atoms. The number of hydrogen-bond donors (Lipinski definition) is 1. The van der Waals surface area contributed by atoms with Crippen LogP contribution in [0.2, 0.25) is 0 Å². The maximum Gasteiger partial charge on any atom is 0.259 e. The SMILES string of the molecule is Cc1nn(-c2ccc(Br)cc2)c(C)c1C(=O)Nc1cccc(-c2cnco2)c1. The molecule has 2 aromatic carbocycles. The Kier molecular flexibility index (Phi) is 4.83. The third-order valence-corrected chi connectivity index (χ3v) is 4.96. The van der Waals surface area contributed by atoms with Crippen molar-refractivity contribution in [2.75, 3.05) is 5.32 Å². The number of anilines is 1. The number of nitrogens with one attached hydrogen (secondary N) is 1. The summed E-state index contributed by atoms with van der Waals surface area (Å²) >= 11 is 3.43. The molecular weight excluding hydrogens is 420 g/mol. The van der Waals surface area contributed by atoms with Crippen LogP contribution in [0.4, 0.5) is 5.69 Å². The van der Waals surface area contributed by atoms with Crippen molar-refractivity contribution in [2.45, 2.75) is 13.8 Å². The first-order valence-electron chi connectivity index (χ1n) is 8.65. The van der Waals surface area contributed by atoms with E-state index in [1.807, 2.05) is 62.4 Å².